The number of rotatable bonds is 5. The van der Waals surface area contributed by atoms with Crippen LogP contribution < -0.4 is 0 Å². The van der Waals surface area contributed by atoms with Gasteiger partial charge in [-0.25, -0.2) is 0 Å². The highest BCUT2D eigenvalue weighted by molar-refractivity contribution is 6.47. The molecule has 2 amide bonds. The van der Waals surface area contributed by atoms with Gasteiger partial charge in [0.05, 0.1) is 6.04 Å². The number of piperazine rings is 1. The smallest absolute Gasteiger partial charge is 0.279 e. The van der Waals surface area contributed by atoms with Gasteiger partial charge < -0.3 is 4.90 Å². The fraction of sp³-hybridized carbons (Fsp3) is 0.407. The third-order valence-corrected chi connectivity index (χ3v) is 7.54. The molecule has 0 bridgehead atoms. The normalized spacial score (nSPS) is 20.9. The zero-order chi connectivity index (χ0) is 22.8. The van der Waals surface area contributed by atoms with E-state index in [2.05, 4.69) is 53.4 Å². The fourth-order valence-corrected chi connectivity index (χ4v) is 5.83. The number of halogens is 1. The van der Waals surface area contributed by atoms with Crippen LogP contribution in [0, 0.1) is 0 Å². The number of carbonyl (C=O) groups is 2. The van der Waals surface area contributed by atoms with Crippen LogP contribution in [-0.2, 0) is 9.59 Å². The average molecular weight is 464 g/mol. The van der Waals surface area contributed by atoms with Crippen molar-refractivity contribution in [3.8, 4) is 0 Å². The summed E-state index contributed by atoms with van der Waals surface area (Å²) in [7, 11) is 0. The monoisotopic (exact) mass is 463 g/mol. The number of amides is 2. The van der Waals surface area contributed by atoms with E-state index in [0.717, 1.165) is 38.8 Å². The van der Waals surface area contributed by atoms with Crippen molar-refractivity contribution < 1.29 is 9.59 Å². The maximum atomic E-state index is 13.3. The summed E-state index contributed by atoms with van der Waals surface area (Å²) in [6, 6.07) is 21.2. The molecule has 2 aromatic rings. The SMILES string of the molecule is O=C1C(Cl)=C(N2CCN(C(c3ccccc3)c3ccccc3)CC2)C(=O)N1C1CCCCC1. The van der Waals surface area contributed by atoms with Gasteiger partial charge in [0.25, 0.3) is 11.8 Å². The van der Waals surface area contributed by atoms with E-state index < -0.39 is 0 Å². The lowest BCUT2D eigenvalue weighted by Gasteiger charge is -2.41. The first kappa shape index (κ1) is 22.2. The lowest BCUT2D eigenvalue weighted by molar-refractivity contribution is -0.141. The molecule has 0 aromatic heterocycles. The third kappa shape index (κ3) is 4.32. The van der Waals surface area contributed by atoms with Crippen molar-refractivity contribution >= 4 is 23.4 Å². The van der Waals surface area contributed by atoms with Crippen LogP contribution in [0.2, 0.25) is 0 Å². The Morgan fingerprint density at radius 2 is 1.27 bits per heavy atom. The summed E-state index contributed by atoms with van der Waals surface area (Å²) in [5.74, 6) is -0.509. The van der Waals surface area contributed by atoms with Gasteiger partial charge in [-0.05, 0) is 24.0 Å². The minimum atomic E-state index is -0.308. The molecule has 0 atom stereocenters. The van der Waals surface area contributed by atoms with Gasteiger partial charge in [0, 0.05) is 32.2 Å². The summed E-state index contributed by atoms with van der Waals surface area (Å²) in [5.41, 5.74) is 2.91. The van der Waals surface area contributed by atoms with Crippen LogP contribution in [0.3, 0.4) is 0 Å². The molecule has 1 saturated carbocycles. The van der Waals surface area contributed by atoms with Crippen LogP contribution in [-0.4, -0.2) is 58.7 Å². The predicted molar refractivity (Wildman–Crippen MR) is 129 cm³/mol. The first-order chi connectivity index (χ1) is 16.1. The first-order valence-corrected chi connectivity index (χ1v) is 12.4. The molecule has 0 spiro atoms. The standard InChI is InChI=1S/C27H30ClN3O2/c28-23-25(27(33)31(26(23)32)22-14-8-3-9-15-22)30-18-16-29(17-19-30)24(20-10-4-1-5-11-20)21-12-6-2-7-13-21/h1-2,4-7,10-13,22,24H,3,8-9,14-19H2. The summed E-state index contributed by atoms with van der Waals surface area (Å²) < 4.78 is 0. The molecule has 0 N–H and O–H groups in total. The van der Waals surface area contributed by atoms with E-state index in [-0.39, 0.29) is 28.9 Å². The van der Waals surface area contributed by atoms with Crippen LogP contribution in [0.5, 0.6) is 0 Å². The largest absolute Gasteiger partial charge is 0.363 e. The Hall–Kier alpha value is -2.63. The minimum absolute atomic E-state index is 0.00756. The molecule has 0 unspecified atom stereocenters. The molecule has 1 saturated heterocycles. The van der Waals surface area contributed by atoms with Crippen molar-refractivity contribution in [1.82, 2.24) is 14.7 Å². The molecule has 33 heavy (non-hydrogen) atoms. The maximum absolute atomic E-state index is 13.3. The van der Waals surface area contributed by atoms with Gasteiger partial charge in [-0.2, -0.15) is 0 Å². The minimum Gasteiger partial charge on any atom is -0.363 e. The Morgan fingerprint density at radius 3 is 1.82 bits per heavy atom. The zero-order valence-corrected chi connectivity index (χ0v) is 19.6. The van der Waals surface area contributed by atoms with Crippen molar-refractivity contribution in [3.05, 3.63) is 82.5 Å². The fourth-order valence-electron chi connectivity index (χ4n) is 5.54. The van der Waals surface area contributed by atoms with Crippen molar-refractivity contribution in [2.75, 3.05) is 26.2 Å². The highest BCUT2D eigenvalue weighted by atomic mass is 35.5. The average Bonchev–Trinajstić information content (AvgIpc) is 3.09. The van der Waals surface area contributed by atoms with Crippen LogP contribution in [0.15, 0.2) is 71.4 Å². The molecular weight excluding hydrogens is 434 g/mol. The second kappa shape index (κ2) is 9.70. The van der Waals surface area contributed by atoms with Crippen LogP contribution in [0.4, 0.5) is 0 Å². The van der Waals surface area contributed by atoms with Crippen LogP contribution in [0.25, 0.3) is 0 Å². The van der Waals surface area contributed by atoms with Gasteiger partial charge in [-0.1, -0.05) is 91.5 Å². The number of nitrogens with zero attached hydrogens (tertiary/aromatic N) is 3. The van der Waals surface area contributed by atoms with Gasteiger partial charge in [-0.3, -0.25) is 19.4 Å². The summed E-state index contributed by atoms with van der Waals surface area (Å²) >= 11 is 6.47. The second-order valence-electron chi connectivity index (χ2n) is 9.18. The highest BCUT2D eigenvalue weighted by Gasteiger charge is 2.44. The molecule has 3 aliphatic rings. The molecular formula is C27H30ClN3O2. The first-order valence-electron chi connectivity index (χ1n) is 12.0. The molecule has 1 aliphatic carbocycles. The van der Waals surface area contributed by atoms with Crippen molar-refractivity contribution in [2.45, 2.75) is 44.2 Å². The molecule has 2 aliphatic heterocycles. The molecule has 2 fully saturated rings. The van der Waals surface area contributed by atoms with Crippen molar-refractivity contribution in [3.63, 3.8) is 0 Å². The number of imide groups is 1. The number of carbonyl (C=O) groups excluding carboxylic acids is 2. The second-order valence-corrected chi connectivity index (χ2v) is 9.56. The summed E-state index contributed by atoms with van der Waals surface area (Å²) in [5, 5.41) is 0.0988. The van der Waals surface area contributed by atoms with Gasteiger partial charge in [0.15, 0.2) is 0 Å². The Bertz CT molecular complexity index is 986. The Labute approximate surface area is 200 Å². The quantitative estimate of drug-likeness (QED) is 0.610. The predicted octanol–water partition coefficient (Wildman–Crippen LogP) is 4.55. The molecule has 2 aromatic carbocycles. The van der Waals surface area contributed by atoms with Crippen LogP contribution >= 0.6 is 11.6 Å². The topological polar surface area (TPSA) is 43.9 Å². The van der Waals surface area contributed by atoms with Gasteiger partial charge in [0.2, 0.25) is 0 Å². The van der Waals surface area contributed by atoms with E-state index in [1.54, 1.807) is 0 Å². The van der Waals surface area contributed by atoms with Crippen molar-refractivity contribution in [2.24, 2.45) is 0 Å². The molecule has 5 rings (SSSR count). The third-order valence-electron chi connectivity index (χ3n) is 7.20. The van der Waals surface area contributed by atoms with Crippen molar-refractivity contribution in [1.29, 1.82) is 0 Å². The summed E-state index contributed by atoms with van der Waals surface area (Å²) in [6.45, 7) is 2.90. The van der Waals surface area contributed by atoms with Crippen LogP contribution in [0.1, 0.15) is 49.3 Å². The maximum Gasteiger partial charge on any atom is 0.279 e. The van der Waals surface area contributed by atoms with E-state index in [0.29, 0.717) is 18.8 Å². The lowest BCUT2D eigenvalue weighted by atomic mass is 9.94. The zero-order valence-electron chi connectivity index (χ0n) is 18.8. The number of hydrogen-bond donors (Lipinski definition) is 0. The molecule has 6 heteroatoms. The van der Waals surface area contributed by atoms with Gasteiger partial charge >= 0.3 is 0 Å². The molecule has 5 nitrogen and oxygen atoms in total. The highest BCUT2D eigenvalue weighted by Crippen LogP contribution is 2.35. The van der Waals surface area contributed by atoms with E-state index in [4.69, 9.17) is 11.6 Å². The summed E-state index contributed by atoms with van der Waals surface area (Å²) in [6.07, 6.45) is 5.07. The molecule has 0 radical (unpaired) electrons. The number of benzene rings is 2. The summed E-state index contributed by atoms with van der Waals surface area (Å²) in [4.78, 5) is 32.1. The molecule has 172 valence electrons. The van der Waals surface area contributed by atoms with E-state index in [1.807, 2.05) is 17.0 Å². The number of hydrogen-bond acceptors (Lipinski definition) is 4. The Kier molecular flexibility index (Phi) is 6.52. The van der Waals surface area contributed by atoms with E-state index >= 15 is 0 Å². The lowest BCUT2D eigenvalue weighted by Crippen LogP contribution is -2.49. The van der Waals surface area contributed by atoms with E-state index in [1.165, 1.54) is 22.4 Å². The Balaban J connectivity index is 1.33. The molecule has 2 heterocycles. The van der Waals surface area contributed by atoms with Gasteiger partial charge in [0.1, 0.15) is 10.7 Å². The Morgan fingerprint density at radius 1 is 0.727 bits per heavy atom. The van der Waals surface area contributed by atoms with Gasteiger partial charge in [-0.15, -0.1) is 0 Å². The van der Waals surface area contributed by atoms with E-state index in [9.17, 15) is 9.59 Å².